The summed E-state index contributed by atoms with van der Waals surface area (Å²) in [5, 5.41) is 17.4. The fraction of sp³-hybridized carbons (Fsp3) is 0.731. The van der Waals surface area contributed by atoms with Gasteiger partial charge in [0.25, 0.3) is 5.91 Å². The maximum atomic E-state index is 13.9. The van der Waals surface area contributed by atoms with E-state index in [1.54, 1.807) is 20.8 Å². The topological polar surface area (TPSA) is 131 Å². The number of rotatable bonds is 7. The highest BCUT2D eigenvalue weighted by Gasteiger charge is 2.59. The molecule has 4 aliphatic rings. The van der Waals surface area contributed by atoms with Crippen molar-refractivity contribution in [1.82, 2.24) is 20.9 Å². The first-order chi connectivity index (χ1) is 17.2. The highest BCUT2D eigenvalue weighted by molar-refractivity contribution is 5.94. The van der Waals surface area contributed by atoms with Gasteiger partial charge in [0.2, 0.25) is 17.7 Å². The zero-order chi connectivity index (χ0) is 27.3. The number of alkyl halides is 2. The van der Waals surface area contributed by atoms with E-state index < -0.39 is 47.2 Å². The average Bonchev–Trinajstić information content (AvgIpc) is 3.57. The molecule has 0 aromatic heterocycles. The van der Waals surface area contributed by atoms with Gasteiger partial charge < -0.3 is 20.9 Å². The van der Waals surface area contributed by atoms with Crippen molar-refractivity contribution < 1.29 is 28.0 Å². The second-order valence-corrected chi connectivity index (χ2v) is 12.0. The van der Waals surface area contributed by atoms with Crippen molar-refractivity contribution in [3.05, 3.63) is 12.2 Å². The molecule has 2 bridgehead atoms. The van der Waals surface area contributed by atoms with Gasteiger partial charge in [-0.15, -0.1) is 0 Å². The molecule has 2 aliphatic heterocycles. The Labute approximate surface area is 215 Å². The summed E-state index contributed by atoms with van der Waals surface area (Å²) in [6, 6.07) is -1.04. The molecular formula is C26H35F2N5O4. The molecule has 3 fully saturated rings. The van der Waals surface area contributed by atoms with E-state index in [4.69, 9.17) is 0 Å². The van der Waals surface area contributed by atoms with Crippen molar-refractivity contribution in [3.63, 3.8) is 0 Å². The van der Waals surface area contributed by atoms with Gasteiger partial charge in [0.15, 0.2) is 0 Å². The average molecular weight is 520 g/mol. The van der Waals surface area contributed by atoms with Gasteiger partial charge in [-0.25, -0.2) is 0 Å². The molecular weight excluding hydrogens is 484 g/mol. The van der Waals surface area contributed by atoms with Crippen LogP contribution in [-0.4, -0.2) is 65.7 Å². The largest absolute Gasteiger partial charge is 0.356 e. The first-order valence-electron chi connectivity index (χ1n) is 12.9. The second-order valence-electron chi connectivity index (χ2n) is 12.0. The molecule has 3 N–H and O–H groups in total. The maximum Gasteiger partial charge on any atom is 0.321 e. The number of fused-ring (bicyclic) bond motifs is 5. The van der Waals surface area contributed by atoms with E-state index in [0.717, 1.165) is 6.42 Å². The zero-order valence-corrected chi connectivity index (χ0v) is 21.6. The molecule has 2 aliphatic carbocycles. The van der Waals surface area contributed by atoms with Crippen molar-refractivity contribution in [2.75, 3.05) is 13.1 Å². The second kappa shape index (κ2) is 9.69. The summed E-state index contributed by atoms with van der Waals surface area (Å²) in [7, 11) is 0. The Balaban J connectivity index is 1.58. The molecule has 9 nitrogen and oxygen atoms in total. The van der Waals surface area contributed by atoms with Crippen molar-refractivity contribution in [2.24, 2.45) is 35.0 Å². The molecule has 1 saturated carbocycles. The number of allylic oxidation sites excluding steroid dienone is 2. The molecule has 37 heavy (non-hydrogen) atoms. The Morgan fingerprint density at radius 3 is 2.43 bits per heavy atom. The lowest BCUT2D eigenvalue weighted by molar-refractivity contribution is -0.151. The highest BCUT2D eigenvalue weighted by Crippen LogP contribution is 2.54. The standard InChI is InChI=1S/C26H35F2N5O4/c1-25(2,3)20(32-24(37)26(4,27)28)23(36)33-12-17-13-5-6-14(9-13)18(17)19(33)22(35)31-16(11-29)10-15-7-8-30-21(15)34/h5-6,13-20H,7-10,12H2,1-4H3,(H,30,34)(H,31,35)(H,32,37). The van der Waals surface area contributed by atoms with Crippen LogP contribution in [0.1, 0.15) is 47.0 Å². The van der Waals surface area contributed by atoms with Gasteiger partial charge in [0, 0.05) is 25.9 Å². The lowest BCUT2D eigenvalue weighted by Crippen LogP contribution is -2.60. The molecule has 4 rings (SSSR count). The number of nitrogens with one attached hydrogen (secondary N) is 3. The van der Waals surface area contributed by atoms with Gasteiger partial charge in [0.05, 0.1) is 6.07 Å². The summed E-state index contributed by atoms with van der Waals surface area (Å²) in [5.74, 6) is -6.68. The fourth-order valence-corrected chi connectivity index (χ4v) is 6.41. The predicted octanol–water partition coefficient (Wildman–Crippen LogP) is 1.36. The summed E-state index contributed by atoms with van der Waals surface area (Å²) >= 11 is 0. The van der Waals surface area contributed by atoms with Gasteiger partial charge in [0.1, 0.15) is 18.1 Å². The van der Waals surface area contributed by atoms with Crippen LogP contribution in [0.15, 0.2) is 12.2 Å². The Morgan fingerprint density at radius 2 is 1.86 bits per heavy atom. The Bertz CT molecular complexity index is 1040. The predicted molar refractivity (Wildman–Crippen MR) is 129 cm³/mol. The van der Waals surface area contributed by atoms with E-state index in [9.17, 15) is 33.2 Å². The minimum Gasteiger partial charge on any atom is -0.356 e. The Morgan fingerprint density at radius 1 is 1.19 bits per heavy atom. The molecule has 0 aromatic rings. The SMILES string of the molecule is CC(F)(F)C(=O)NC(C(=O)N1CC2C3C=CC(C3)C2C1C(=O)NC(C#N)CC1CCNC1=O)C(C)(C)C. The third-order valence-electron chi connectivity index (χ3n) is 8.29. The van der Waals surface area contributed by atoms with E-state index in [1.807, 2.05) is 0 Å². The quantitative estimate of drug-likeness (QED) is 0.437. The number of hydrogen-bond acceptors (Lipinski definition) is 5. The van der Waals surface area contributed by atoms with Crippen molar-refractivity contribution in [3.8, 4) is 6.07 Å². The lowest BCUT2D eigenvalue weighted by Gasteiger charge is -2.37. The molecule has 2 heterocycles. The number of carbonyl (C=O) groups is 4. The van der Waals surface area contributed by atoms with Gasteiger partial charge in [-0.2, -0.15) is 14.0 Å². The van der Waals surface area contributed by atoms with Crippen LogP contribution in [-0.2, 0) is 19.2 Å². The van der Waals surface area contributed by atoms with Crippen LogP contribution in [0, 0.1) is 46.3 Å². The number of nitrogens with zero attached hydrogens (tertiary/aromatic N) is 2. The molecule has 0 spiro atoms. The number of likely N-dealkylation sites (tertiary alicyclic amines) is 1. The zero-order valence-electron chi connectivity index (χ0n) is 21.6. The molecule has 11 heteroatoms. The summed E-state index contributed by atoms with van der Waals surface area (Å²) in [4.78, 5) is 53.1. The summed E-state index contributed by atoms with van der Waals surface area (Å²) in [6.07, 6.45) is 5.79. The number of hydrogen-bond donors (Lipinski definition) is 3. The molecule has 0 aromatic carbocycles. The number of nitriles is 1. The lowest BCUT2D eigenvalue weighted by atomic mass is 9.81. The molecule has 8 atom stereocenters. The number of halogens is 2. The van der Waals surface area contributed by atoms with Gasteiger partial charge in [-0.3, -0.25) is 19.2 Å². The minimum absolute atomic E-state index is 0.0276. The first-order valence-corrected chi connectivity index (χ1v) is 12.9. The molecule has 0 radical (unpaired) electrons. The minimum atomic E-state index is -3.67. The smallest absolute Gasteiger partial charge is 0.321 e. The van der Waals surface area contributed by atoms with Crippen molar-refractivity contribution in [1.29, 1.82) is 5.26 Å². The van der Waals surface area contributed by atoms with Crippen LogP contribution in [0.2, 0.25) is 0 Å². The normalized spacial score (nSPS) is 31.9. The third-order valence-corrected chi connectivity index (χ3v) is 8.29. The van der Waals surface area contributed by atoms with E-state index >= 15 is 0 Å². The number of carbonyl (C=O) groups excluding carboxylic acids is 4. The summed E-state index contributed by atoms with van der Waals surface area (Å²) < 4.78 is 27.4. The van der Waals surface area contributed by atoms with E-state index in [-0.39, 0.29) is 48.5 Å². The van der Waals surface area contributed by atoms with Crippen LogP contribution in [0.4, 0.5) is 8.78 Å². The third kappa shape index (κ3) is 5.20. The molecule has 2 saturated heterocycles. The maximum absolute atomic E-state index is 13.9. The van der Waals surface area contributed by atoms with Gasteiger partial charge >= 0.3 is 5.92 Å². The van der Waals surface area contributed by atoms with Crippen LogP contribution >= 0.6 is 0 Å². The molecule has 8 unspecified atom stereocenters. The Hall–Kier alpha value is -3.03. The van der Waals surface area contributed by atoms with Crippen LogP contribution in [0.25, 0.3) is 0 Å². The van der Waals surface area contributed by atoms with Crippen LogP contribution < -0.4 is 16.0 Å². The molecule has 202 valence electrons. The summed E-state index contributed by atoms with van der Waals surface area (Å²) in [6.45, 7) is 6.26. The van der Waals surface area contributed by atoms with Crippen LogP contribution in [0.3, 0.4) is 0 Å². The van der Waals surface area contributed by atoms with Crippen LogP contribution in [0.5, 0.6) is 0 Å². The summed E-state index contributed by atoms with van der Waals surface area (Å²) in [5.41, 5.74) is -0.904. The first kappa shape index (κ1) is 27.0. The number of amides is 4. The molecule has 4 amide bonds. The highest BCUT2D eigenvalue weighted by atomic mass is 19.3. The Kier molecular flexibility index (Phi) is 7.08. The monoisotopic (exact) mass is 519 g/mol. The van der Waals surface area contributed by atoms with Crippen molar-refractivity contribution >= 4 is 23.6 Å². The van der Waals surface area contributed by atoms with Gasteiger partial charge in [-0.1, -0.05) is 32.9 Å². The van der Waals surface area contributed by atoms with Crippen molar-refractivity contribution in [2.45, 2.75) is 71.0 Å². The van der Waals surface area contributed by atoms with E-state index in [2.05, 4.69) is 34.2 Å². The fourth-order valence-electron chi connectivity index (χ4n) is 6.41. The van der Waals surface area contributed by atoms with Gasteiger partial charge in [-0.05, 0) is 48.3 Å². The van der Waals surface area contributed by atoms with E-state index in [0.29, 0.717) is 19.9 Å². The van der Waals surface area contributed by atoms with E-state index in [1.165, 1.54) is 4.90 Å².